The predicted molar refractivity (Wildman–Crippen MR) is 94.5 cm³/mol. The number of nitrogens with zero attached hydrogens (tertiary/aromatic N) is 2. The van der Waals surface area contributed by atoms with Crippen LogP contribution < -0.4 is 0 Å². The number of hydrogen-bond donors (Lipinski definition) is 3. The van der Waals surface area contributed by atoms with Crippen molar-refractivity contribution in [3.8, 4) is 0 Å². The predicted octanol–water partition coefficient (Wildman–Crippen LogP) is 1.32. The Kier molecular flexibility index (Phi) is 11.9. The molecule has 5 nitrogen and oxygen atoms in total. The van der Waals surface area contributed by atoms with Gasteiger partial charge in [0.05, 0.1) is 6.61 Å². The normalized spacial score (nSPS) is 15.8. The molecule has 0 atom stereocenters. The van der Waals surface area contributed by atoms with Crippen LogP contribution in [-0.4, -0.2) is 83.7 Å². The van der Waals surface area contributed by atoms with Gasteiger partial charge in [0.25, 0.3) is 0 Å². The molecule has 0 aliphatic heterocycles. The molecule has 5 heteroatoms. The maximum atomic E-state index is 9.17. The zero-order valence-electron chi connectivity index (χ0n) is 15.0. The summed E-state index contributed by atoms with van der Waals surface area (Å²) in [5.41, 5.74) is 0. The SMILES string of the molecule is CCCN(CCO)CCN(CCCCC(CO)CO)C1CCC1. The first-order valence-electron chi connectivity index (χ1n) is 9.54. The molecule has 0 unspecified atom stereocenters. The molecule has 1 rings (SSSR count). The summed E-state index contributed by atoms with van der Waals surface area (Å²) >= 11 is 0. The number of unbranched alkanes of at least 4 members (excludes halogenated alkanes) is 1. The summed E-state index contributed by atoms with van der Waals surface area (Å²) in [6, 6.07) is 0.749. The highest BCUT2D eigenvalue weighted by molar-refractivity contribution is 4.80. The Bertz CT molecular complexity index is 265. The minimum Gasteiger partial charge on any atom is -0.396 e. The van der Waals surface area contributed by atoms with Crippen molar-refractivity contribution < 1.29 is 15.3 Å². The van der Waals surface area contributed by atoms with Gasteiger partial charge in [-0.25, -0.2) is 0 Å². The van der Waals surface area contributed by atoms with E-state index >= 15 is 0 Å². The Balaban J connectivity index is 2.28. The summed E-state index contributed by atoms with van der Waals surface area (Å²) < 4.78 is 0. The van der Waals surface area contributed by atoms with E-state index in [-0.39, 0.29) is 25.7 Å². The summed E-state index contributed by atoms with van der Waals surface area (Å²) in [5.74, 6) is 0.0525. The smallest absolute Gasteiger partial charge is 0.0558 e. The zero-order valence-corrected chi connectivity index (χ0v) is 15.0. The van der Waals surface area contributed by atoms with Gasteiger partial charge < -0.3 is 15.3 Å². The highest BCUT2D eigenvalue weighted by Crippen LogP contribution is 2.25. The average Bonchev–Trinajstić information content (AvgIpc) is 2.50. The maximum absolute atomic E-state index is 9.17. The molecule has 23 heavy (non-hydrogen) atoms. The van der Waals surface area contributed by atoms with Gasteiger partial charge in [0.1, 0.15) is 0 Å². The lowest BCUT2D eigenvalue weighted by Crippen LogP contribution is -2.45. The van der Waals surface area contributed by atoms with Gasteiger partial charge in [0.15, 0.2) is 0 Å². The highest BCUT2D eigenvalue weighted by Gasteiger charge is 2.24. The Morgan fingerprint density at radius 1 is 0.913 bits per heavy atom. The van der Waals surface area contributed by atoms with Gasteiger partial charge in [-0.2, -0.15) is 0 Å². The summed E-state index contributed by atoms with van der Waals surface area (Å²) in [5, 5.41) is 27.4. The number of aliphatic hydroxyl groups excluding tert-OH is 3. The van der Waals surface area contributed by atoms with E-state index in [1.54, 1.807) is 0 Å². The summed E-state index contributed by atoms with van der Waals surface area (Å²) in [7, 11) is 0. The Morgan fingerprint density at radius 3 is 2.17 bits per heavy atom. The lowest BCUT2D eigenvalue weighted by atomic mass is 9.91. The standard InChI is InChI=1S/C18H38N2O3/c1-2-9-19(13-14-21)11-12-20(18-7-5-8-18)10-4-3-6-17(15-22)16-23/h17-18,21-23H,2-16H2,1H3. The van der Waals surface area contributed by atoms with Crippen molar-refractivity contribution in [3.63, 3.8) is 0 Å². The van der Waals surface area contributed by atoms with E-state index in [9.17, 15) is 5.11 Å². The van der Waals surface area contributed by atoms with Crippen LogP contribution in [0, 0.1) is 5.92 Å². The van der Waals surface area contributed by atoms with E-state index < -0.39 is 0 Å². The molecule has 1 fully saturated rings. The molecule has 0 aromatic heterocycles. The second-order valence-corrected chi connectivity index (χ2v) is 6.91. The lowest BCUT2D eigenvalue weighted by molar-refractivity contribution is 0.0983. The van der Waals surface area contributed by atoms with E-state index in [4.69, 9.17) is 10.2 Å². The molecule has 0 spiro atoms. The number of rotatable bonds is 15. The van der Waals surface area contributed by atoms with Gasteiger partial charge in [0, 0.05) is 44.8 Å². The topological polar surface area (TPSA) is 67.2 Å². The first-order chi connectivity index (χ1) is 11.2. The molecule has 1 saturated carbocycles. The molecular formula is C18H38N2O3. The summed E-state index contributed by atoms with van der Waals surface area (Å²) in [6.45, 7) is 7.71. The molecule has 1 aliphatic carbocycles. The molecule has 0 bridgehead atoms. The maximum Gasteiger partial charge on any atom is 0.0558 e. The minimum absolute atomic E-state index is 0.0525. The second kappa shape index (κ2) is 13.1. The van der Waals surface area contributed by atoms with Crippen LogP contribution in [0.2, 0.25) is 0 Å². The molecule has 0 heterocycles. The van der Waals surface area contributed by atoms with E-state index in [2.05, 4.69) is 16.7 Å². The molecule has 3 N–H and O–H groups in total. The fourth-order valence-electron chi connectivity index (χ4n) is 3.28. The number of aliphatic hydroxyl groups is 3. The van der Waals surface area contributed by atoms with Crippen LogP contribution in [0.3, 0.4) is 0 Å². The number of hydrogen-bond acceptors (Lipinski definition) is 5. The molecule has 0 saturated heterocycles. The van der Waals surface area contributed by atoms with Gasteiger partial charge in [-0.05, 0) is 45.2 Å². The van der Waals surface area contributed by atoms with E-state index in [0.29, 0.717) is 0 Å². The third-order valence-corrected chi connectivity index (χ3v) is 5.07. The van der Waals surface area contributed by atoms with Crippen molar-refractivity contribution >= 4 is 0 Å². The molecular weight excluding hydrogens is 292 g/mol. The minimum atomic E-state index is 0.0525. The monoisotopic (exact) mass is 330 g/mol. The van der Waals surface area contributed by atoms with E-state index in [1.165, 1.54) is 19.3 Å². The molecule has 0 aromatic rings. The lowest BCUT2D eigenvalue weighted by Gasteiger charge is -2.39. The van der Waals surface area contributed by atoms with Crippen molar-refractivity contribution in [3.05, 3.63) is 0 Å². The summed E-state index contributed by atoms with van der Waals surface area (Å²) in [4.78, 5) is 4.98. The van der Waals surface area contributed by atoms with Gasteiger partial charge in [-0.1, -0.05) is 19.8 Å². The fraction of sp³-hybridized carbons (Fsp3) is 1.00. The van der Waals surface area contributed by atoms with Crippen molar-refractivity contribution in [1.29, 1.82) is 0 Å². The van der Waals surface area contributed by atoms with Crippen LogP contribution in [-0.2, 0) is 0 Å². The van der Waals surface area contributed by atoms with Crippen molar-refractivity contribution in [2.24, 2.45) is 5.92 Å². The van der Waals surface area contributed by atoms with E-state index in [1.807, 2.05) is 0 Å². The summed E-state index contributed by atoms with van der Waals surface area (Å²) in [6.07, 6.45) is 8.26. The average molecular weight is 331 g/mol. The Labute approximate surface area is 142 Å². The first-order valence-corrected chi connectivity index (χ1v) is 9.54. The Hall–Kier alpha value is -0.200. The van der Waals surface area contributed by atoms with Crippen LogP contribution in [0.5, 0.6) is 0 Å². The van der Waals surface area contributed by atoms with Crippen LogP contribution in [0.15, 0.2) is 0 Å². The molecule has 0 aromatic carbocycles. The van der Waals surface area contributed by atoms with Crippen LogP contribution in [0.25, 0.3) is 0 Å². The first kappa shape index (κ1) is 20.8. The second-order valence-electron chi connectivity index (χ2n) is 6.91. The molecule has 0 amide bonds. The molecule has 1 aliphatic rings. The van der Waals surface area contributed by atoms with Gasteiger partial charge in [-0.15, -0.1) is 0 Å². The van der Waals surface area contributed by atoms with E-state index in [0.717, 1.165) is 64.4 Å². The fourth-order valence-corrected chi connectivity index (χ4v) is 3.28. The third kappa shape index (κ3) is 8.45. The van der Waals surface area contributed by atoms with Crippen molar-refractivity contribution in [1.82, 2.24) is 9.80 Å². The highest BCUT2D eigenvalue weighted by atomic mass is 16.3. The zero-order chi connectivity index (χ0) is 16.9. The third-order valence-electron chi connectivity index (χ3n) is 5.07. The van der Waals surface area contributed by atoms with Crippen LogP contribution >= 0.6 is 0 Å². The van der Waals surface area contributed by atoms with Gasteiger partial charge in [-0.3, -0.25) is 9.80 Å². The van der Waals surface area contributed by atoms with Crippen LogP contribution in [0.4, 0.5) is 0 Å². The quantitative estimate of drug-likeness (QED) is 0.395. The Morgan fingerprint density at radius 2 is 1.65 bits per heavy atom. The largest absolute Gasteiger partial charge is 0.396 e. The molecule has 138 valence electrons. The molecule has 0 radical (unpaired) electrons. The van der Waals surface area contributed by atoms with Crippen molar-refractivity contribution in [2.75, 3.05) is 52.5 Å². The van der Waals surface area contributed by atoms with Gasteiger partial charge in [0.2, 0.25) is 0 Å². The van der Waals surface area contributed by atoms with Gasteiger partial charge >= 0.3 is 0 Å². The van der Waals surface area contributed by atoms with Crippen molar-refractivity contribution in [2.45, 2.75) is 57.9 Å². The van der Waals surface area contributed by atoms with Crippen LogP contribution in [0.1, 0.15) is 51.9 Å².